The molecule has 0 aliphatic carbocycles. The van der Waals surface area contributed by atoms with Crippen molar-refractivity contribution in [3.8, 4) is 11.5 Å². The average Bonchev–Trinajstić information content (AvgIpc) is 2.34. The molecular formula is C11H6Br2N2O3. The van der Waals surface area contributed by atoms with Crippen LogP contribution in [0.1, 0.15) is 0 Å². The molecule has 0 spiro atoms. The number of aromatic nitrogens is 1. The minimum atomic E-state index is -0.536. The minimum absolute atomic E-state index is 0.136. The van der Waals surface area contributed by atoms with E-state index in [1.807, 2.05) is 0 Å². The number of hydrogen-bond acceptors (Lipinski definition) is 4. The summed E-state index contributed by atoms with van der Waals surface area (Å²) in [6, 6.07) is 6.99. The highest BCUT2D eigenvalue weighted by Crippen LogP contribution is 2.37. The van der Waals surface area contributed by atoms with Crippen LogP contribution in [-0.2, 0) is 0 Å². The fraction of sp³-hybridized carbons (Fsp3) is 0. The predicted octanol–water partition coefficient (Wildman–Crippen LogP) is 4.31. The summed E-state index contributed by atoms with van der Waals surface area (Å²) in [4.78, 5) is 14.1. The number of nitro groups is 1. The van der Waals surface area contributed by atoms with Gasteiger partial charge >= 0.3 is 5.69 Å². The maximum absolute atomic E-state index is 10.9. The Morgan fingerprint density at radius 2 is 1.83 bits per heavy atom. The number of nitrogens with zero attached hydrogens (tertiary/aromatic N) is 2. The SMILES string of the molecule is O=[N+]([O-])c1cncc(Br)c1Oc1ccc(Br)cc1. The lowest BCUT2D eigenvalue weighted by molar-refractivity contribution is -0.386. The van der Waals surface area contributed by atoms with Crippen molar-refractivity contribution in [2.45, 2.75) is 0 Å². The molecule has 1 aromatic heterocycles. The van der Waals surface area contributed by atoms with Gasteiger partial charge < -0.3 is 4.74 Å². The number of halogens is 2. The number of ether oxygens (including phenoxy) is 1. The standard InChI is InChI=1S/C11H6Br2N2O3/c12-7-1-3-8(4-2-7)18-11-9(13)5-14-6-10(11)15(16)17/h1-6H. The van der Waals surface area contributed by atoms with Crippen molar-refractivity contribution >= 4 is 37.5 Å². The summed E-state index contributed by atoms with van der Waals surface area (Å²) >= 11 is 6.49. The first-order chi connectivity index (χ1) is 8.58. The van der Waals surface area contributed by atoms with Crippen molar-refractivity contribution in [2.24, 2.45) is 0 Å². The monoisotopic (exact) mass is 372 g/mol. The van der Waals surface area contributed by atoms with Crippen LogP contribution in [0.3, 0.4) is 0 Å². The summed E-state index contributed by atoms with van der Waals surface area (Å²) in [7, 11) is 0. The van der Waals surface area contributed by atoms with Gasteiger partial charge in [0.2, 0.25) is 5.75 Å². The third kappa shape index (κ3) is 2.85. The fourth-order valence-electron chi connectivity index (χ4n) is 1.26. The zero-order valence-corrected chi connectivity index (χ0v) is 12.0. The van der Waals surface area contributed by atoms with Crippen molar-refractivity contribution in [3.63, 3.8) is 0 Å². The van der Waals surface area contributed by atoms with Gasteiger partial charge in [-0.3, -0.25) is 15.1 Å². The molecule has 7 heteroatoms. The lowest BCUT2D eigenvalue weighted by Gasteiger charge is -2.07. The predicted molar refractivity (Wildman–Crippen MR) is 72.8 cm³/mol. The summed E-state index contributed by atoms with van der Waals surface area (Å²) in [5.41, 5.74) is -0.188. The van der Waals surface area contributed by atoms with E-state index < -0.39 is 4.92 Å². The third-order valence-electron chi connectivity index (χ3n) is 2.06. The summed E-state index contributed by atoms with van der Waals surface area (Å²) in [5.74, 6) is 0.644. The number of benzene rings is 1. The van der Waals surface area contributed by atoms with Gasteiger partial charge in [-0.05, 0) is 40.2 Å². The molecule has 5 nitrogen and oxygen atoms in total. The molecule has 92 valence electrons. The van der Waals surface area contributed by atoms with Crippen LogP contribution in [0.2, 0.25) is 0 Å². The first kappa shape index (κ1) is 13.0. The molecule has 18 heavy (non-hydrogen) atoms. The van der Waals surface area contributed by atoms with Crippen LogP contribution in [0.15, 0.2) is 45.6 Å². The Balaban J connectivity index is 2.39. The van der Waals surface area contributed by atoms with Crippen LogP contribution in [0, 0.1) is 10.1 Å². The van der Waals surface area contributed by atoms with E-state index >= 15 is 0 Å². The highest BCUT2D eigenvalue weighted by Gasteiger charge is 2.19. The van der Waals surface area contributed by atoms with Gasteiger partial charge in [-0.2, -0.15) is 0 Å². The molecule has 0 aliphatic rings. The molecule has 1 aromatic carbocycles. The van der Waals surface area contributed by atoms with Crippen LogP contribution in [0.5, 0.6) is 11.5 Å². The molecule has 0 unspecified atom stereocenters. The van der Waals surface area contributed by atoms with Gasteiger partial charge in [0.25, 0.3) is 0 Å². The van der Waals surface area contributed by atoms with Gasteiger partial charge in [0.05, 0.1) is 9.40 Å². The summed E-state index contributed by atoms with van der Waals surface area (Å²) < 4.78 is 6.84. The first-order valence-electron chi connectivity index (χ1n) is 4.79. The third-order valence-corrected chi connectivity index (χ3v) is 3.16. The zero-order chi connectivity index (χ0) is 13.1. The maximum atomic E-state index is 10.9. The van der Waals surface area contributed by atoms with E-state index in [0.717, 1.165) is 10.7 Å². The first-order valence-corrected chi connectivity index (χ1v) is 6.38. The van der Waals surface area contributed by atoms with E-state index in [1.165, 1.54) is 6.20 Å². The molecule has 2 rings (SSSR count). The molecule has 0 saturated carbocycles. The average molecular weight is 374 g/mol. The van der Waals surface area contributed by atoms with Crippen molar-refractivity contribution in [1.29, 1.82) is 0 Å². The Morgan fingerprint density at radius 1 is 1.17 bits per heavy atom. The molecule has 0 amide bonds. The maximum Gasteiger partial charge on any atom is 0.330 e. The molecule has 0 aliphatic heterocycles. The van der Waals surface area contributed by atoms with E-state index in [-0.39, 0.29) is 11.4 Å². The van der Waals surface area contributed by atoms with Gasteiger partial charge in [0.1, 0.15) is 11.9 Å². The Hall–Kier alpha value is -1.47. The topological polar surface area (TPSA) is 65.3 Å². The van der Waals surface area contributed by atoms with Gasteiger partial charge in [-0.15, -0.1) is 0 Å². The molecule has 0 bridgehead atoms. The van der Waals surface area contributed by atoms with Crippen LogP contribution in [0.25, 0.3) is 0 Å². The molecule has 2 aromatic rings. The van der Waals surface area contributed by atoms with Crippen molar-refractivity contribution in [2.75, 3.05) is 0 Å². The molecular weight excluding hydrogens is 368 g/mol. The molecule has 1 heterocycles. The molecule has 0 atom stereocenters. The van der Waals surface area contributed by atoms with Crippen LogP contribution < -0.4 is 4.74 Å². The highest BCUT2D eigenvalue weighted by atomic mass is 79.9. The smallest absolute Gasteiger partial charge is 0.330 e. The molecule has 0 N–H and O–H groups in total. The Kier molecular flexibility index (Phi) is 3.93. The molecule has 0 fully saturated rings. The van der Waals surface area contributed by atoms with E-state index in [9.17, 15) is 10.1 Å². The van der Waals surface area contributed by atoms with Crippen molar-refractivity contribution < 1.29 is 9.66 Å². The Bertz CT molecular complexity index is 587. The summed E-state index contributed by atoms with van der Waals surface area (Å²) in [6.07, 6.45) is 2.60. The number of rotatable bonds is 3. The second-order valence-electron chi connectivity index (χ2n) is 3.28. The Labute approximate surface area is 119 Å². The normalized spacial score (nSPS) is 10.1. The van der Waals surface area contributed by atoms with E-state index in [1.54, 1.807) is 24.3 Å². The van der Waals surface area contributed by atoms with E-state index in [4.69, 9.17) is 4.74 Å². The van der Waals surface area contributed by atoms with Crippen LogP contribution >= 0.6 is 31.9 Å². The van der Waals surface area contributed by atoms with Gasteiger partial charge in [-0.1, -0.05) is 15.9 Å². The van der Waals surface area contributed by atoms with Gasteiger partial charge in [0.15, 0.2) is 0 Å². The van der Waals surface area contributed by atoms with Crippen molar-refractivity contribution in [1.82, 2.24) is 4.98 Å². The largest absolute Gasteiger partial charge is 0.449 e. The zero-order valence-electron chi connectivity index (χ0n) is 8.84. The van der Waals surface area contributed by atoms with E-state index in [0.29, 0.717) is 10.2 Å². The van der Waals surface area contributed by atoms with Crippen molar-refractivity contribution in [3.05, 3.63) is 55.7 Å². The number of hydrogen-bond donors (Lipinski definition) is 0. The Morgan fingerprint density at radius 3 is 2.44 bits per heavy atom. The molecule has 0 radical (unpaired) electrons. The van der Waals surface area contributed by atoms with Gasteiger partial charge in [-0.25, -0.2) is 0 Å². The second kappa shape index (κ2) is 5.45. The molecule has 0 saturated heterocycles. The lowest BCUT2D eigenvalue weighted by Crippen LogP contribution is -1.95. The van der Waals surface area contributed by atoms with E-state index in [2.05, 4.69) is 36.8 Å². The fourth-order valence-corrected chi connectivity index (χ4v) is 1.93. The quantitative estimate of drug-likeness (QED) is 0.594. The lowest BCUT2D eigenvalue weighted by atomic mass is 10.3. The van der Waals surface area contributed by atoms with Crippen LogP contribution in [-0.4, -0.2) is 9.91 Å². The summed E-state index contributed by atoms with van der Waals surface area (Å²) in [5, 5.41) is 10.9. The van der Waals surface area contributed by atoms with Crippen LogP contribution in [0.4, 0.5) is 5.69 Å². The second-order valence-corrected chi connectivity index (χ2v) is 5.05. The van der Waals surface area contributed by atoms with Gasteiger partial charge in [0, 0.05) is 10.7 Å². The highest BCUT2D eigenvalue weighted by molar-refractivity contribution is 9.10. The minimum Gasteiger partial charge on any atom is -0.449 e. The number of pyridine rings is 1. The summed E-state index contributed by atoms with van der Waals surface area (Å²) in [6.45, 7) is 0.